The van der Waals surface area contributed by atoms with Crippen LogP contribution in [0.5, 0.6) is 0 Å². The third-order valence-electron chi connectivity index (χ3n) is 2.30. The topological polar surface area (TPSA) is 66.8 Å². The molecule has 1 N–H and O–H groups in total. The maximum Gasteiger partial charge on any atom is 0.335 e. The van der Waals surface area contributed by atoms with Crippen LogP contribution in [0.4, 0.5) is 5.69 Å². The summed E-state index contributed by atoms with van der Waals surface area (Å²) in [6, 6.07) is 6.11. The number of nitrogens with zero attached hydrogens (tertiary/aromatic N) is 1. The molecule has 5 nitrogen and oxygen atoms in total. The van der Waals surface area contributed by atoms with Crippen molar-refractivity contribution in [3.63, 3.8) is 0 Å². The fraction of sp³-hybridized carbons (Fsp3) is 0.273. The van der Waals surface area contributed by atoms with Crippen molar-refractivity contribution in [3.05, 3.63) is 29.8 Å². The SMILES string of the molecule is CC1CC(=O)N(c2cccc(C(=O)O)c2)O1. The van der Waals surface area contributed by atoms with Gasteiger partial charge in [-0.2, -0.15) is 5.06 Å². The van der Waals surface area contributed by atoms with Gasteiger partial charge in [-0.3, -0.25) is 9.63 Å². The van der Waals surface area contributed by atoms with E-state index in [1.807, 2.05) is 0 Å². The minimum absolute atomic E-state index is 0.133. The van der Waals surface area contributed by atoms with Gasteiger partial charge < -0.3 is 5.11 Å². The first-order chi connectivity index (χ1) is 7.58. The van der Waals surface area contributed by atoms with E-state index < -0.39 is 5.97 Å². The Hall–Kier alpha value is -1.88. The molecule has 84 valence electrons. The molecular formula is C11H11NO4. The normalized spacial score (nSPS) is 20.2. The summed E-state index contributed by atoms with van der Waals surface area (Å²) in [6.07, 6.45) is 0.151. The minimum Gasteiger partial charge on any atom is -0.478 e. The minimum atomic E-state index is -1.03. The molecule has 0 radical (unpaired) electrons. The van der Waals surface area contributed by atoms with Gasteiger partial charge in [0.05, 0.1) is 23.8 Å². The van der Waals surface area contributed by atoms with Crippen LogP contribution >= 0.6 is 0 Å². The molecule has 1 unspecified atom stereocenters. The second-order valence-electron chi connectivity index (χ2n) is 3.66. The van der Waals surface area contributed by atoms with Gasteiger partial charge in [-0.05, 0) is 25.1 Å². The Morgan fingerprint density at radius 2 is 2.31 bits per heavy atom. The highest BCUT2D eigenvalue weighted by atomic mass is 16.7. The third kappa shape index (κ3) is 1.90. The summed E-state index contributed by atoms with van der Waals surface area (Å²) < 4.78 is 0. The van der Waals surface area contributed by atoms with Crippen LogP contribution in [0.2, 0.25) is 0 Å². The molecule has 1 heterocycles. The quantitative estimate of drug-likeness (QED) is 0.820. The van der Waals surface area contributed by atoms with Gasteiger partial charge in [-0.15, -0.1) is 0 Å². The maximum atomic E-state index is 11.5. The van der Waals surface area contributed by atoms with Gasteiger partial charge in [0.25, 0.3) is 5.91 Å². The Kier molecular flexibility index (Phi) is 2.62. The van der Waals surface area contributed by atoms with E-state index in [0.717, 1.165) is 5.06 Å². The first kappa shape index (κ1) is 10.6. The molecule has 1 atom stereocenters. The molecule has 16 heavy (non-hydrogen) atoms. The number of carbonyl (C=O) groups excluding carboxylic acids is 1. The maximum absolute atomic E-state index is 11.5. The number of carbonyl (C=O) groups is 2. The summed E-state index contributed by atoms with van der Waals surface area (Å²) in [5.74, 6) is -1.18. The molecule has 1 aliphatic heterocycles. The molecule has 1 saturated heterocycles. The molecule has 0 spiro atoms. The molecule has 1 aromatic carbocycles. The lowest BCUT2D eigenvalue weighted by molar-refractivity contribution is -0.119. The molecule has 0 bridgehead atoms. The smallest absolute Gasteiger partial charge is 0.335 e. The molecular weight excluding hydrogens is 210 g/mol. The summed E-state index contributed by atoms with van der Waals surface area (Å²) in [7, 11) is 0. The Labute approximate surface area is 92.2 Å². The lowest BCUT2D eigenvalue weighted by atomic mass is 10.2. The Morgan fingerprint density at radius 3 is 2.88 bits per heavy atom. The van der Waals surface area contributed by atoms with Crippen molar-refractivity contribution in [2.45, 2.75) is 19.4 Å². The van der Waals surface area contributed by atoms with E-state index in [1.54, 1.807) is 19.1 Å². The molecule has 1 fully saturated rings. The van der Waals surface area contributed by atoms with Crippen molar-refractivity contribution in [2.24, 2.45) is 0 Å². The van der Waals surface area contributed by atoms with Crippen LogP contribution in [0.25, 0.3) is 0 Å². The van der Waals surface area contributed by atoms with Crippen molar-refractivity contribution in [1.82, 2.24) is 0 Å². The Balaban J connectivity index is 2.30. The van der Waals surface area contributed by atoms with Crippen molar-refractivity contribution in [1.29, 1.82) is 0 Å². The van der Waals surface area contributed by atoms with E-state index in [-0.39, 0.29) is 17.6 Å². The largest absolute Gasteiger partial charge is 0.478 e. The monoisotopic (exact) mass is 221 g/mol. The number of carboxylic acid groups (broad SMARTS) is 1. The lowest BCUT2D eigenvalue weighted by Crippen LogP contribution is -2.22. The first-order valence-corrected chi connectivity index (χ1v) is 4.91. The van der Waals surface area contributed by atoms with Crippen LogP contribution in [-0.2, 0) is 9.63 Å². The third-order valence-corrected chi connectivity index (χ3v) is 2.30. The van der Waals surface area contributed by atoms with Gasteiger partial charge >= 0.3 is 5.97 Å². The molecule has 1 amide bonds. The Morgan fingerprint density at radius 1 is 1.56 bits per heavy atom. The molecule has 1 aliphatic rings. The highest BCUT2D eigenvalue weighted by Crippen LogP contribution is 2.24. The molecule has 1 aromatic rings. The predicted octanol–water partition coefficient (Wildman–Crippen LogP) is 1.44. The predicted molar refractivity (Wildman–Crippen MR) is 56.1 cm³/mol. The number of hydrogen-bond donors (Lipinski definition) is 1. The van der Waals surface area contributed by atoms with Crippen LogP contribution in [-0.4, -0.2) is 23.1 Å². The fourth-order valence-electron chi connectivity index (χ4n) is 1.57. The van der Waals surface area contributed by atoms with E-state index in [1.165, 1.54) is 12.1 Å². The zero-order valence-corrected chi connectivity index (χ0v) is 8.71. The molecule has 0 aliphatic carbocycles. The van der Waals surface area contributed by atoms with Gasteiger partial charge in [0, 0.05) is 0 Å². The van der Waals surface area contributed by atoms with Crippen molar-refractivity contribution < 1.29 is 19.5 Å². The highest BCUT2D eigenvalue weighted by molar-refractivity contribution is 5.95. The number of hydroxylamine groups is 1. The number of rotatable bonds is 2. The van der Waals surface area contributed by atoms with Gasteiger partial charge in [0.1, 0.15) is 0 Å². The molecule has 0 saturated carbocycles. The lowest BCUT2D eigenvalue weighted by Gasteiger charge is -2.15. The molecule has 0 aromatic heterocycles. The summed E-state index contributed by atoms with van der Waals surface area (Å²) >= 11 is 0. The highest BCUT2D eigenvalue weighted by Gasteiger charge is 2.29. The number of hydrogen-bond acceptors (Lipinski definition) is 3. The van der Waals surface area contributed by atoms with Crippen LogP contribution in [0.15, 0.2) is 24.3 Å². The van der Waals surface area contributed by atoms with Gasteiger partial charge in [-0.1, -0.05) is 6.07 Å². The van der Waals surface area contributed by atoms with Gasteiger partial charge in [-0.25, -0.2) is 4.79 Å². The summed E-state index contributed by atoms with van der Waals surface area (Å²) in [4.78, 5) is 27.6. The summed E-state index contributed by atoms with van der Waals surface area (Å²) in [6.45, 7) is 1.79. The van der Waals surface area contributed by atoms with Gasteiger partial charge in [0.2, 0.25) is 0 Å². The molecule has 2 rings (SSSR count). The van der Waals surface area contributed by atoms with E-state index in [9.17, 15) is 9.59 Å². The van der Waals surface area contributed by atoms with Gasteiger partial charge in [0.15, 0.2) is 0 Å². The van der Waals surface area contributed by atoms with E-state index >= 15 is 0 Å². The van der Waals surface area contributed by atoms with Crippen LogP contribution in [0, 0.1) is 0 Å². The summed E-state index contributed by atoms with van der Waals surface area (Å²) in [5.41, 5.74) is 0.586. The standard InChI is InChI=1S/C11H11NO4/c1-7-5-10(13)12(16-7)9-4-2-3-8(6-9)11(14)15/h2-4,6-7H,5H2,1H3,(H,14,15). The number of anilines is 1. The van der Waals surface area contributed by atoms with E-state index in [0.29, 0.717) is 12.1 Å². The molecule has 5 heteroatoms. The second-order valence-corrected chi connectivity index (χ2v) is 3.66. The Bertz CT molecular complexity index is 443. The van der Waals surface area contributed by atoms with E-state index in [4.69, 9.17) is 9.94 Å². The van der Waals surface area contributed by atoms with Crippen molar-refractivity contribution in [3.8, 4) is 0 Å². The van der Waals surface area contributed by atoms with Crippen LogP contribution < -0.4 is 5.06 Å². The van der Waals surface area contributed by atoms with Crippen molar-refractivity contribution >= 4 is 17.6 Å². The zero-order chi connectivity index (χ0) is 11.7. The van der Waals surface area contributed by atoms with Crippen LogP contribution in [0.3, 0.4) is 0 Å². The number of carboxylic acids is 1. The van der Waals surface area contributed by atoms with Crippen molar-refractivity contribution in [2.75, 3.05) is 5.06 Å². The summed E-state index contributed by atoms with van der Waals surface area (Å²) in [5, 5.41) is 9.98. The average molecular weight is 221 g/mol. The number of amides is 1. The van der Waals surface area contributed by atoms with E-state index in [2.05, 4.69) is 0 Å². The number of aromatic carboxylic acids is 1. The zero-order valence-electron chi connectivity index (χ0n) is 8.71. The first-order valence-electron chi connectivity index (χ1n) is 4.91. The van der Waals surface area contributed by atoms with Crippen LogP contribution in [0.1, 0.15) is 23.7 Å². The second kappa shape index (κ2) is 3.94. The number of benzene rings is 1. The fourth-order valence-corrected chi connectivity index (χ4v) is 1.57. The average Bonchev–Trinajstić information content (AvgIpc) is 2.58.